The minimum atomic E-state index is -0.423. The summed E-state index contributed by atoms with van der Waals surface area (Å²) in [5.41, 5.74) is -0.423. The fourth-order valence-corrected chi connectivity index (χ4v) is 3.56. The third-order valence-corrected chi connectivity index (χ3v) is 4.88. The van der Waals surface area contributed by atoms with E-state index in [1.807, 2.05) is 20.8 Å². The number of carbonyl (C=O) groups excluding carboxylic acids is 1. The van der Waals surface area contributed by atoms with Gasteiger partial charge in [-0.3, -0.25) is 0 Å². The standard InChI is InChI=1S/C18H34N2O2/c1-5-15(13-10-11-13)20-16-9-7-6-8-14(16)12-19-17(21)22-18(2,3)4/h13-16,20H,5-12H2,1-4H3,(H,19,21). The number of nitrogens with one attached hydrogen (secondary N) is 2. The lowest BCUT2D eigenvalue weighted by Gasteiger charge is -2.35. The number of hydrogen-bond donors (Lipinski definition) is 2. The molecule has 0 radical (unpaired) electrons. The summed E-state index contributed by atoms with van der Waals surface area (Å²) in [4.78, 5) is 11.9. The Hall–Kier alpha value is -0.770. The van der Waals surface area contributed by atoms with Crippen LogP contribution in [0.25, 0.3) is 0 Å². The van der Waals surface area contributed by atoms with Gasteiger partial charge < -0.3 is 15.4 Å². The molecule has 3 unspecified atom stereocenters. The lowest BCUT2D eigenvalue weighted by atomic mass is 9.83. The van der Waals surface area contributed by atoms with Gasteiger partial charge in [0, 0.05) is 18.6 Å². The van der Waals surface area contributed by atoms with Gasteiger partial charge in [0.25, 0.3) is 0 Å². The van der Waals surface area contributed by atoms with E-state index in [-0.39, 0.29) is 6.09 Å². The second kappa shape index (κ2) is 7.67. The van der Waals surface area contributed by atoms with Gasteiger partial charge in [-0.1, -0.05) is 19.8 Å². The first-order chi connectivity index (χ1) is 10.4. The Bertz CT molecular complexity index is 361. The third-order valence-electron chi connectivity index (χ3n) is 4.88. The summed E-state index contributed by atoms with van der Waals surface area (Å²) in [5.74, 6) is 1.43. The van der Waals surface area contributed by atoms with Gasteiger partial charge >= 0.3 is 6.09 Å². The van der Waals surface area contributed by atoms with Crippen LogP contribution < -0.4 is 10.6 Å². The van der Waals surface area contributed by atoms with Crippen LogP contribution >= 0.6 is 0 Å². The van der Waals surface area contributed by atoms with Crippen LogP contribution in [-0.4, -0.2) is 30.3 Å². The predicted molar refractivity (Wildman–Crippen MR) is 89.9 cm³/mol. The van der Waals surface area contributed by atoms with E-state index in [0.717, 1.165) is 12.5 Å². The summed E-state index contributed by atoms with van der Waals surface area (Å²) in [6.45, 7) is 8.72. The molecule has 2 aliphatic carbocycles. The highest BCUT2D eigenvalue weighted by Gasteiger charge is 2.34. The molecule has 2 saturated carbocycles. The highest BCUT2D eigenvalue weighted by Crippen LogP contribution is 2.35. The largest absolute Gasteiger partial charge is 0.444 e. The lowest BCUT2D eigenvalue weighted by Crippen LogP contribution is -2.48. The molecule has 0 saturated heterocycles. The Kier molecular flexibility index (Phi) is 6.13. The zero-order valence-corrected chi connectivity index (χ0v) is 14.8. The predicted octanol–water partition coefficient (Wildman–Crippen LogP) is 3.85. The second-order valence-electron chi connectivity index (χ2n) is 8.05. The summed E-state index contributed by atoms with van der Waals surface area (Å²) < 4.78 is 5.34. The van der Waals surface area contributed by atoms with E-state index in [0.29, 0.717) is 18.0 Å². The monoisotopic (exact) mass is 310 g/mol. The van der Waals surface area contributed by atoms with Gasteiger partial charge in [-0.05, 0) is 64.7 Å². The molecule has 2 fully saturated rings. The molecule has 2 N–H and O–H groups in total. The SMILES string of the molecule is CCC(NC1CCCCC1CNC(=O)OC(C)(C)C)C1CC1. The number of hydrogen-bond acceptors (Lipinski definition) is 3. The summed E-state index contributed by atoms with van der Waals surface area (Å²) in [6.07, 6.45) is 8.73. The van der Waals surface area contributed by atoms with E-state index in [4.69, 9.17) is 4.74 Å². The van der Waals surface area contributed by atoms with Crippen LogP contribution in [0.2, 0.25) is 0 Å². The van der Waals surface area contributed by atoms with E-state index >= 15 is 0 Å². The van der Waals surface area contributed by atoms with Gasteiger partial charge in [-0.25, -0.2) is 4.79 Å². The Balaban J connectivity index is 1.80. The Labute approximate surface area is 135 Å². The van der Waals surface area contributed by atoms with Gasteiger partial charge in [-0.2, -0.15) is 0 Å². The highest BCUT2D eigenvalue weighted by atomic mass is 16.6. The Morgan fingerprint density at radius 1 is 1.18 bits per heavy atom. The maximum atomic E-state index is 11.9. The van der Waals surface area contributed by atoms with Crippen molar-refractivity contribution in [1.82, 2.24) is 10.6 Å². The molecule has 2 aliphatic rings. The minimum absolute atomic E-state index is 0.286. The molecule has 0 heterocycles. The van der Waals surface area contributed by atoms with Crippen molar-refractivity contribution in [3.8, 4) is 0 Å². The topological polar surface area (TPSA) is 50.4 Å². The van der Waals surface area contributed by atoms with Gasteiger partial charge in [0.15, 0.2) is 0 Å². The molecule has 2 rings (SSSR count). The van der Waals surface area contributed by atoms with E-state index in [2.05, 4.69) is 17.6 Å². The number of ether oxygens (including phenoxy) is 1. The van der Waals surface area contributed by atoms with Crippen LogP contribution in [0.1, 0.15) is 72.6 Å². The Morgan fingerprint density at radius 3 is 2.45 bits per heavy atom. The molecule has 128 valence electrons. The first kappa shape index (κ1) is 17.6. The van der Waals surface area contributed by atoms with Crippen molar-refractivity contribution in [2.75, 3.05) is 6.54 Å². The van der Waals surface area contributed by atoms with Crippen molar-refractivity contribution < 1.29 is 9.53 Å². The molecule has 0 aliphatic heterocycles. The van der Waals surface area contributed by atoms with E-state index < -0.39 is 5.60 Å². The van der Waals surface area contributed by atoms with E-state index in [1.54, 1.807) is 0 Å². The van der Waals surface area contributed by atoms with Gasteiger partial charge in [0.1, 0.15) is 5.60 Å². The molecule has 4 heteroatoms. The second-order valence-corrected chi connectivity index (χ2v) is 8.05. The molecule has 0 aromatic carbocycles. The highest BCUT2D eigenvalue weighted by molar-refractivity contribution is 5.67. The number of alkyl carbamates (subject to hydrolysis) is 1. The lowest BCUT2D eigenvalue weighted by molar-refractivity contribution is 0.0509. The average Bonchev–Trinajstić information content (AvgIpc) is 3.26. The number of amides is 1. The van der Waals surface area contributed by atoms with Gasteiger partial charge in [-0.15, -0.1) is 0 Å². The molecule has 0 aromatic heterocycles. The third kappa shape index (κ3) is 5.79. The van der Waals surface area contributed by atoms with Crippen molar-refractivity contribution in [1.29, 1.82) is 0 Å². The van der Waals surface area contributed by atoms with Gasteiger partial charge in [0.05, 0.1) is 0 Å². The molecule has 0 spiro atoms. The number of rotatable bonds is 6. The van der Waals surface area contributed by atoms with Gasteiger partial charge in [0.2, 0.25) is 0 Å². The van der Waals surface area contributed by atoms with Crippen LogP contribution in [0.5, 0.6) is 0 Å². The molecule has 3 atom stereocenters. The first-order valence-electron chi connectivity index (χ1n) is 9.12. The van der Waals surface area contributed by atoms with Crippen LogP contribution in [0.15, 0.2) is 0 Å². The molecule has 4 nitrogen and oxygen atoms in total. The normalized spacial score (nSPS) is 27.3. The summed E-state index contributed by atoms with van der Waals surface area (Å²) in [6, 6.07) is 1.22. The zero-order chi connectivity index (χ0) is 16.2. The summed E-state index contributed by atoms with van der Waals surface area (Å²) in [7, 11) is 0. The van der Waals surface area contributed by atoms with Crippen LogP contribution in [0.3, 0.4) is 0 Å². The maximum absolute atomic E-state index is 11.9. The van der Waals surface area contributed by atoms with E-state index in [9.17, 15) is 4.79 Å². The summed E-state index contributed by atoms with van der Waals surface area (Å²) >= 11 is 0. The molecule has 1 amide bonds. The quantitative estimate of drug-likeness (QED) is 0.783. The number of carbonyl (C=O) groups is 1. The molecule has 22 heavy (non-hydrogen) atoms. The summed E-state index contributed by atoms with van der Waals surface area (Å²) in [5, 5.41) is 6.87. The molecular formula is C18H34N2O2. The van der Waals surface area contributed by atoms with Crippen molar-refractivity contribution in [2.45, 2.75) is 90.3 Å². The first-order valence-corrected chi connectivity index (χ1v) is 9.12. The van der Waals surface area contributed by atoms with Crippen molar-refractivity contribution in [2.24, 2.45) is 11.8 Å². The maximum Gasteiger partial charge on any atom is 0.407 e. The minimum Gasteiger partial charge on any atom is -0.444 e. The van der Waals surface area contributed by atoms with Crippen molar-refractivity contribution in [3.63, 3.8) is 0 Å². The smallest absolute Gasteiger partial charge is 0.407 e. The molecular weight excluding hydrogens is 276 g/mol. The molecule has 0 aromatic rings. The van der Waals surface area contributed by atoms with E-state index in [1.165, 1.54) is 44.9 Å². The molecule has 0 bridgehead atoms. The van der Waals surface area contributed by atoms with Crippen LogP contribution in [0.4, 0.5) is 4.79 Å². The van der Waals surface area contributed by atoms with Crippen molar-refractivity contribution >= 4 is 6.09 Å². The van der Waals surface area contributed by atoms with Crippen molar-refractivity contribution in [3.05, 3.63) is 0 Å². The average molecular weight is 310 g/mol. The fraction of sp³-hybridized carbons (Fsp3) is 0.944. The van der Waals surface area contributed by atoms with Crippen LogP contribution in [0, 0.1) is 11.8 Å². The van der Waals surface area contributed by atoms with Crippen LogP contribution in [-0.2, 0) is 4.74 Å². The zero-order valence-electron chi connectivity index (χ0n) is 14.8. The fourth-order valence-electron chi connectivity index (χ4n) is 3.56. The Morgan fingerprint density at radius 2 is 1.86 bits per heavy atom.